The van der Waals surface area contributed by atoms with Crippen molar-refractivity contribution in [1.82, 2.24) is 10.2 Å². The van der Waals surface area contributed by atoms with Crippen LogP contribution < -0.4 is 5.32 Å². The monoisotopic (exact) mass is 250 g/mol. The second-order valence-corrected chi connectivity index (χ2v) is 4.94. The summed E-state index contributed by atoms with van der Waals surface area (Å²) in [5.74, 6) is -0.732. The molecule has 98 valence electrons. The van der Waals surface area contributed by atoms with Gasteiger partial charge < -0.3 is 0 Å². The quantitative estimate of drug-likeness (QED) is 0.611. The number of nitrogens with one attached hydrogen (secondary N) is 1. The van der Waals surface area contributed by atoms with Crippen LogP contribution in [0.15, 0.2) is 12.7 Å². The van der Waals surface area contributed by atoms with E-state index in [0.717, 1.165) is 24.2 Å². The summed E-state index contributed by atoms with van der Waals surface area (Å²) in [6.45, 7) is 3.87. The number of hydrogen-bond donors (Lipinski definition) is 1. The average Bonchev–Trinajstić information content (AvgIpc) is 2.38. The fraction of sp³-hybridized carbons (Fsp3) is 0.615. The van der Waals surface area contributed by atoms with Gasteiger partial charge in [-0.2, -0.15) is 0 Å². The van der Waals surface area contributed by atoms with Gasteiger partial charge in [0.2, 0.25) is 11.8 Å². The van der Waals surface area contributed by atoms with E-state index in [1.54, 1.807) is 6.08 Å². The van der Waals surface area contributed by atoms with Crippen LogP contribution in [0.1, 0.15) is 38.5 Å². The van der Waals surface area contributed by atoms with Crippen LogP contribution in [0.25, 0.3) is 0 Å². The first kappa shape index (κ1) is 12.8. The number of carbonyl (C=O) groups excluding carboxylic acids is 3. The number of imide groups is 2. The summed E-state index contributed by atoms with van der Waals surface area (Å²) < 4.78 is 0. The zero-order valence-corrected chi connectivity index (χ0v) is 10.4. The number of amides is 4. The van der Waals surface area contributed by atoms with Crippen molar-refractivity contribution < 1.29 is 14.4 Å². The third-order valence-corrected chi connectivity index (χ3v) is 3.82. The minimum absolute atomic E-state index is 0.295. The summed E-state index contributed by atoms with van der Waals surface area (Å²) in [4.78, 5) is 37.3. The molecule has 0 aromatic rings. The van der Waals surface area contributed by atoms with E-state index in [-0.39, 0.29) is 5.91 Å². The first-order valence-electron chi connectivity index (χ1n) is 6.40. The van der Waals surface area contributed by atoms with E-state index in [2.05, 4.69) is 11.9 Å². The molecule has 2 fully saturated rings. The lowest BCUT2D eigenvalue weighted by atomic mass is 9.71. The molecule has 18 heavy (non-hydrogen) atoms. The Labute approximate surface area is 106 Å². The number of hydrogen-bond acceptors (Lipinski definition) is 3. The summed E-state index contributed by atoms with van der Waals surface area (Å²) in [5, 5.41) is 2.32. The SMILES string of the molecule is C=CCCN1C(=O)NC(=O)C2(CCCCC2)C1=O. The van der Waals surface area contributed by atoms with Crippen LogP contribution >= 0.6 is 0 Å². The standard InChI is InChI=1S/C13H18N2O3/c1-2-3-9-15-11(17)13(7-5-4-6-8-13)10(16)14-12(15)18/h2H,1,3-9H2,(H,14,16,18). The highest BCUT2D eigenvalue weighted by Gasteiger charge is 2.53. The average molecular weight is 250 g/mol. The third kappa shape index (κ3) is 1.94. The molecule has 0 radical (unpaired) electrons. The second-order valence-electron chi connectivity index (χ2n) is 4.94. The van der Waals surface area contributed by atoms with E-state index >= 15 is 0 Å². The van der Waals surface area contributed by atoms with Crippen LogP contribution in [-0.4, -0.2) is 29.3 Å². The molecule has 1 saturated carbocycles. The first-order valence-corrected chi connectivity index (χ1v) is 6.40. The number of carbonyl (C=O) groups is 3. The van der Waals surface area contributed by atoms with Gasteiger partial charge in [-0.3, -0.25) is 19.8 Å². The molecule has 1 N–H and O–H groups in total. The number of barbiturate groups is 1. The smallest absolute Gasteiger partial charge is 0.277 e. The van der Waals surface area contributed by atoms with Gasteiger partial charge in [-0.05, 0) is 19.3 Å². The Balaban J connectivity index is 2.24. The van der Waals surface area contributed by atoms with E-state index in [4.69, 9.17) is 0 Å². The van der Waals surface area contributed by atoms with Crippen molar-refractivity contribution in [3.63, 3.8) is 0 Å². The van der Waals surface area contributed by atoms with Crippen molar-refractivity contribution in [2.24, 2.45) is 5.41 Å². The molecule has 5 nitrogen and oxygen atoms in total. The topological polar surface area (TPSA) is 66.5 Å². The Morgan fingerprint density at radius 2 is 1.89 bits per heavy atom. The Morgan fingerprint density at radius 3 is 2.50 bits per heavy atom. The van der Waals surface area contributed by atoms with E-state index in [1.807, 2.05) is 0 Å². The molecule has 0 bridgehead atoms. The largest absolute Gasteiger partial charge is 0.330 e. The van der Waals surface area contributed by atoms with Crippen LogP contribution in [0, 0.1) is 5.41 Å². The molecular formula is C13H18N2O3. The van der Waals surface area contributed by atoms with Crippen molar-refractivity contribution in [3.8, 4) is 0 Å². The van der Waals surface area contributed by atoms with Crippen LogP contribution in [0.4, 0.5) is 4.79 Å². The van der Waals surface area contributed by atoms with Crippen molar-refractivity contribution >= 4 is 17.8 Å². The van der Waals surface area contributed by atoms with Crippen molar-refractivity contribution in [3.05, 3.63) is 12.7 Å². The van der Waals surface area contributed by atoms with Crippen molar-refractivity contribution in [2.45, 2.75) is 38.5 Å². The minimum atomic E-state index is -0.993. The fourth-order valence-electron chi connectivity index (χ4n) is 2.75. The highest BCUT2D eigenvalue weighted by Crippen LogP contribution is 2.40. The van der Waals surface area contributed by atoms with Crippen LogP contribution in [0.3, 0.4) is 0 Å². The Bertz CT molecular complexity index is 397. The molecule has 1 spiro atoms. The first-order chi connectivity index (χ1) is 8.62. The van der Waals surface area contributed by atoms with Gasteiger partial charge in [0.15, 0.2) is 0 Å². The van der Waals surface area contributed by atoms with Gasteiger partial charge in [0, 0.05) is 6.54 Å². The Hall–Kier alpha value is -1.65. The number of rotatable bonds is 3. The molecule has 1 heterocycles. The van der Waals surface area contributed by atoms with E-state index in [1.165, 1.54) is 0 Å². The zero-order chi connectivity index (χ0) is 13.2. The van der Waals surface area contributed by atoms with E-state index in [9.17, 15) is 14.4 Å². The second kappa shape index (κ2) is 4.92. The summed E-state index contributed by atoms with van der Waals surface area (Å²) in [6, 6.07) is -0.594. The predicted molar refractivity (Wildman–Crippen MR) is 65.6 cm³/mol. The number of nitrogens with zero attached hydrogens (tertiary/aromatic N) is 1. The fourth-order valence-corrected chi connectivity index (χ4v) is 2.75. The van der Waals surface area contributed by atoms with E-state index in [0.29, 0.717) is 25.8 Å². The molecule has 0 aromatic carbocycles. The maximum Gasteiger partial charge on any atom is 0.330 e. The lowest BCUT2D eigenvalue weighted by Gasteiger charge is -2.41. The van der Waals surface area contributed by atoms with Gasteiger partial charge in [-0.15, -0.1) is 6.58 Å². The molecule has 5 heteroatoms. The molecule has 0 atom stereocenters. The summed E-state index contributed by atoms with van der Waals surface area (Å²) in [5.41, 5.74) is -0.993. The normalized spacial score (nSPS) is 23.1. The molecule has 1 saturated heterocycles. The van der Waals surface area contributed by atoms with Crippen LogP contribution in [-0.2, 0) is 9.59 Å². The van der Waals surface area contributed by atoms with Crippen LogP contribution in [0.2, 0.25) is 0 Å². The van der Waals surface area contributed by atoms with Gasteiger partial charge in [-0.1, -0.05) is 25.3 Å². The maximum absolute atomic E-state index is 12.4. The highest BCUT2D eigenvalue weighted by molar-refractivity contribution is 6.19. The molecule has 2 aliphatic rings. The van der Waals surface area contributed by atoms with Crippen molar-refractivity contribution in [2.75, 3.05) is 6.54 Å². The van der Waals surface area contributed by atoms with Gasteiger partial charge in [0.25, 0.3) is 0 Å². The maximum atomic E-state index is 12.4. The summed E-state index contributed by atoms with van der Waals surface area (Å²) in [7, 11) is 0. The van der Waals surface area contributed by atoms with Gasteiger partial charge >= 0.3 is 6.03 Å². The molecule has 1 aliphatic heterocycles. The number of urea groups is 1. The molecule has 1 aliphatic carbocycles. The highest BCUT2D eigenvalue weighted by atomic mass is 16.2. The van der Waals surface area contributed by atoms with E-state index < -0.39 is 17.4 Å². The molecule has 0 unspecified atom stereocenters. The predicted octanol–water partition coefficient (Wildman–Crippen LogP) is 1.59. The lowest BCUT2D eigenvalue weighted by molar-refractivity contribution is -0.153. The molecule has 4 amide bonds. The van der Waals surface area contributed by atoms with Gasteiger partial charge in [-0.25, -0.2) is 4.79 Å². The summed E-state index contributed by atoms with van der Waals surface area (Å²) >= 11 is 0. The minimum Gasteiger partial charge on any atom is -0.277 e. The zero-order valence-electron chi connectivity index (χ0n) is 10.4. The Kier molecular flexibility index (Phi) is 3.50. The van der Waals surface area contributed by atoms with Crippen molar-refractivity contribution in [1.29, 1.82) is 0 Å². The summed E-state index contributed by atoms with van der Waals surface area (Å²) in [6.07, 6.45) is 6.08. The lowest BCUT2D eigenvalue weighted by Crippen LogP contribution is -2.64. The van der Waals surface area contributed by atoms with Gasteiger partial charge in [0.1, 0.15) is 5.41 Å². The van der Waals surface area contributed by atoms with Crippen LogP contribution in [0.5, 0.6) is 0 Å². The molecule has 0 aromatic heterocycles. The van der Waals surface area contributed by atoms with Gasteiger partial charge in [0.05, 0.1) is 0 Å². The molecule has 2 rings (SSSR count). The molecular weight excluding hydrogens is 232 g/mol. The Morgan fingerprint density at radius 1 is 1.22 bits per heavy atom. The third-order valence-electron chi connectivity index (χ3n) is 3.82.